The van der Waals surface area contributed by atoms with Crippen LogP contribution in [0, 0.1) is 5.92 Å². The molecule has 16 heavy (non-hydrogen) atoms. The van der Waals surface area contributed by atoms with Gasteiger partial charge in [0.15, 0.2) is 5.75 Å². The molecule has 2 aliphatic heterocycles. The van der Waals surface area contributed by atoms with Gasteiger partial charge in [-0.3, -0.25) is 0 Å². The molecule has 1 atom stereocenters. The fraction of sp³-hybridized carbons (Fsp3) is 0.667. The van der Waals surface area contributed by atoms with Crippen molar-refractivity contribution in [1.29, 1.82) is 0 Å². The molecule has 3 nitrogen and oxygen atoms in total. The largest absolute Gasteiger partial charge is 0.490 e. The van der Waals surface area contributed by atoms with E-state index in [1.165, 1.54) is 31.5 Å². The number of H-pyrrole nitrogens is 1. The minimum Gasteiger partial charge on any atom is -0.490 e. The zero-order valence-corrected chi connectivity index (χ0v) is 11.1. The fourth-order valence-electron chi connectivity index (χ4n) is 2.90. The van der Waals surface area contributed by atoms with Crippen molar-refractivity contribution in [2.75, 3.05) is 26.7 Å². The van der Waals surface area contributed by atoms with E-state index in [0.29, 0.717) is 5.92 Å². The predicted molar refractivity (Wildman–Crippen MR) is 66.9 cm³/mol. The van der Waals surface area contributed by atoms with Gasteiger partial charge in [-0.15, -0.1) is 0 Å². The monoisotopic (exact) mass is 284 g/mol. The maximum atomic E-state index is 5.77. The van der Waals surface area contributed by atoms with Gasteiger partial charge < -0.3 is 14.6 Å². The number of nitrogens with one attached hydrogen (secondary N) is 1. The van der Waals surface area contributed by atoms with E-state index in [1.807, 2.05) is 0 Å². The fourth-order valence-corrected chi connectivity index (χ4v) is 3.36. The Labute approximate surface area is 104 Å². The Morgan fingerprint density at radius 2 is 2.19 bits per heavy atom. The number of likely N-dealkylation sites (tertiary alicyclic amines) is 1. The molecule has 0 saturated carbocycles. The third-order valence-electron chi connectivity index (χ3n) is 3.95. The molecule has 1 N–H and O–H groups in total. The second-order valence-corrected chi connectivity index (χ2v) is 5.74. The first kappa shape index (κ1) is 10.7. The van der Waals surface area contributed by atoms with Crippen molar-refractivity contribution in [1.82, 2.24) is 9.88 Å². The van der Waals surface area contributed by atoms with E-state index in [0.717, 1.165) is 22.9 Å². The highest BCUT2D eigenvalue weighted by atomic mass is 79.9. The summed E-state index contributed by atoms with van der Waals surface area (Å²) in [7, 11) is 2.21. The van der Waals surface area contributed by atoms with E-state index in [9.17, 15) is 0 Å². The molecular formula is C12H17BrN2O. The number of hydrogen-bond donors (Lipinski definition) is 1. The van der Waals surface area contributed by atoms with E-state index < -0.39 is 0 Å². The van der Waals surface area contributed by atoms with Crippen LogP contribution in [0.2, 0.25) is 0 Å². The van der Waals surface area contributed by atoms with Gasteiger partial charge in [0.25, 0.3) is 0 Å². The summed E-state index contributed by atoms with van der Waals surface area (Å²) in [5, 5.41) is 0. The molecule has 0 bridgehead atoms. The molecule has 0 aliphatic carbocycles. The molecule has 1 aromatic rings. The summed E-state index contributed by atoms with van der Waals surface area (Å²) < 4.78 is 6.77. The van der Waals surface area contributed by atoms with Crippen molar-refractivity contribution < 1.29 is 4.74 Å². The lowest BCUT2D eigenvalue weighted by molar-refractivity contribution is 0.181. The molecule has 4 heteroatoms. The number of piperidine rings is 1. The van der Waals surface area contributed by atoms with Gasteiger partial charge in [0, 0.05) is 17.7 Å². The Morgan fingerprint density at radius 3 is 2.94 bits per heavy atom. The van der Waals surface area contributed by atoms with Crippen molar-refractivity contribution in [2.45, 2.75) is 18.8 Å². The Balaban J connectivity index is 1.77. The maximum Gasteiger partial charge on any atom is 0.155 e. The molecule has 1 aromatic heterocycles. The molecule has 0 amide bonds. The Morgan fingerprint density at radius 1 is 1.44 bits per heavy atom. The molecule has 0 aromatic carbocycles. The van der Waals surface area contributed by atoms with Crippen LogP contribution in [0.3, 0.4) is 0 Å². The third kappa shape index (κ3) is 1.68. The minimum atomic E-state index is 0.603. The molecule has 1 unspecified atom stereocenters. The van der Waals surface area contributed by atoms with Gasteiger partial charge >= 0.3 is 0 Å². The second-order valence-electron chi connectivity index (χ2n) is 4.95. The van der Waals surface area contributed by atoms with Crippen LogP contribution >= 0.6 is 15.9 Å². The van der Waals surface area contributed by atoms with Crippen molar-refractivity contribution in [3.8, 4) is 5.75 Å². The van der Waals surface area contributed by atoms with Crippen molar-refractivity contribution in [2.24, 2.45) is 5.92 Å². The van der Waals surface area contributed by atoms with E-state index in [1.54, 1.807) is 0 Å². The van der Waals surface area contributed by atoms with Crippen LogP contribution in [0.1, 0.15) is 24.3 Å². The first-order valence-electron chi connectivity index (χ1n) is 5.94. The maximum absolute atomic E-state index is 5.77. The lowest BCUT2D eigenvalue weighted by Gasteiger charge is -2.31. The second kappa shape index (κ2) is 4.08. The van der Waals surface area contributed by atoms with Crippen LogP contribution in [0.25, 0.3) is 0 Å². The zero-order valence-electron chi connectivity index (χ0n) is 9.50. The first-order chi connectivity index (χ1) is 7.75. The topological polar surface area (TPSA) is 28.3 Å². The van der Waals surface area contributed by atoms with Crippen molar-refractivity contribution in [3.05, 3.63) is 16.4 Å². The highest BCUT2D eigenvalue weighted by Gasteiger charge is 2.34. The quantitative estimate of drug-likeness (QED) is 0.859. The number of aromatic amines is 1. The summed E-state index contributed by atoms with van der Waals surface area (Å²) in [5.41, 5.74) is 1.38. The number of rotatable bonds is 1. The summed E-state index contributed by atoms with van der Waals surface area (Å²) in [6, 6.07) is 0. The van der Waals surface area contributed by atoms with Crippen molar-refractivity contribution in [3.63, 3.8) is 0 Å². The summed E-state index contributed by atoms with van der Waals surface area (Å²) in [4.78, 5) is 5.62. The van der Waals surface area contributed by atoms with Gasteiger partial charge in [0.1, 0.15) is 4.60 Å². The number of ether oxygens (including phenoxy) is 1. The Bertz CT molecular complexity index is 382. The first-order valence-corrected chi connectivity index (χ1v) is 6.73. The molecule has 88 valence electrons. The molecule has 0 radical (unpaired) electrons. The predicted octanol–water partition coefficient (Wildman–Crippen LogP) is 2.60. The lowest BCUT2D eigenvalue weighted by atomic mass is 9.82. The molecule has 2 aliphatic rings. The van der Waals surface area contributed by atoms with Crippen LogP contribution in [0.5, 0.6) is 5.75 Å². The van der Waals surface area contributed by atoms with Crippen LogP contribution < -0.4 is 4.74 Å². The van der Waals surface area contributed by atoms with Gasteiger partial charge in [-0.1, -0.05) is 0 Å². The van der Waals surface area contributed by atoms with Gasteiger partial charge in [-0.2, -0.15) is 0 Å². The molecule has 1 fully saturated rings. The van der Waals surface area contributed by atoms with E-state index in [4.69, 9.17) is 4.74 Å². The lowest BCUT2D eigenvalue weighted by Crippen LogP contribution is -2.33. The average molecular weight is 285 g/mol. The van der Waals surface area contributed by atoms with Gasteiger partial charge in [0.05, 0.1) is 6.61 Å². The third-order valence-corrected chi connectivity index (χ3v) is 4.54. The zero-order chi connectivity index (χ0) is 11.1. The standard InChI is InChI=1S/C12H17BrN2O/c1-15-4-2-8(3-5-15)10-7-16-11-9(10)6-14-12(11)13/h6,8,10,14H,2-5,7H2,1H3. The summed E-state index contributed by atoms with van der Waals surface area (Å²) in [5.74, 6) is 2.44. The molecule has 1 saturated heterocycles. The van der Waals surface area contributed by atoms with Gasteiger partial charge in [-0.25, -0.2) is 0 Å². The highest BCUT2D eigenvalue weighted by Crippen LogP contribution is 2.45. The van der Waals surface area contributed by atoms with E-state index >= 15 is 0 Å². The molecule has 3 heterocycles. The number of halogens is 1. The summed E-state index contributed by atoms with van der Waals surface area (Å²) >= 11 is 3.49. The van der Waals surface area contributed by atoms with Crippen LogP contribution in [-0.2, 0) is 0 Å². The average Bonchev–Trinajstić information content (AvgIpc) is 2.84. The van der Waals surface area contributed by atoms with Gasteiger partial charge in [0.2, 0.25) is 0 Å². The minimum absolute atomic E-state index is 0.603. The summed E-state index contributed by atoms with van der Waals surface area (Å²) in [6.45, 7) is 3.32. The summed E-state index contributed by atoms with van der Waals surface area (Å²) in [6.07, 6.45) is 4.70. The molecule has 0 spiro atoms. The number of fused-ring (bicyclic) bond motifs is 1. The number of hydrogen-bond acceptors (Lipinski definition) is 2. The number of aromatic nitrogens is 1. The SMILES string of the molecule is CN1CCC(C2COc3c2c[nH]c3Br)CC1. The van der Waals surface area contributed by atoms with Crippen LogP contribution in [0.4, 0.5) is 0 Å². The highest BCUT2D eigenvalue weighted by molar-refractivity contribution is 9.10. The Hall–Kier alpha value is -0.480. The normalized spacial score (nSPS) is 26.8. The van der Waals surface area contributed by atoms with Crippen LogP contribution in [0.15, 0.2) is 10.8 Å². The Kier molecular flexibility index (Phi) is 2.72. The van der Waals surface area contributed by atoms with Crippen molar-refractivity contribution >= 4 is 15.9 Å². The van der Waals surface area contributed by atoms with E-state index in [2.05, 4.69) is 39.1 Å². The molecular weight excluding hydrogens is 268 g/mol. The molecule has 3 rings (SSSR count). The van der Waals surface area contributed by atoms with Gasteiger partial charge in [-0.05, 0) is 54.8 Å². The number of nitrogens with zero attached hydrogens (tertiary/aromatic N) is 1. The smallest absolute Gasteiger partial charge is 0.155 e. The van der Waals surface area contributed by atoms with E-state index in [-0.39, 0.29) is 0 Å². The van der Waals surface area contributed by atoms with Crippen LogP contribution in [-0.4, -0.2) is 36.6 Å².